The summed E-state index contributed by atoms with van der Waals surface area (Å²) in [5, 5.41) is 13.0. The molecule has 1 aromatic rings. The maximum absolute atomic E-state index is 11.0. The predicted octanol–water partition coefficient (Wildman–Crippen LogP) is 3.20. The quantitative estimate of drug-likeness (QED) is 0.884. The normalized spacial score (nSPS) is 23.6. The third kappa shape index (κ3) is 2.85. The molecule has 2 N–H and O–H groups in total. The van der Waals surface area contributed by atoms with Crippen molar-refractivity contribution < 1.29 is 9.90 Å². The first-order chi connectivity index (χ1) is 8.47. The number of hydrogen-bond acceptors (Lipinski definition) is 2. The summed E-state index contributed by atoms with van der Waals surface area (Å²) in [6, 6.07) is 6.12. The fourth-order valence-corrected chi connectivity index (χ4v) is 2.60. The van der Waals surface area contributed by atoms with Gasteiger partial charge in [0, 0.05) is 17.6 Å². The molecule has 98 valence electrons. The molecule has 0 spiro atoms. The zero-order valence-electron chi connectivity index (χ0n) is 10.6. The Hall–Kier alpha value is -1.06. The van der Waals surface area contributed by atoms with Crippen molar-refractivity contribution in [1.82, 2.24) is 5.32 Å². The van der Waals surface area contributed by atoms with Crippen molar-refractivity contribution in [3.05, 3.63) is 34.3 Å². The van der Waals surface area contributed by atoms with Crippen molar-refractivity contribution in [3.63, 3.8) is 0 Å². The summed E-state index contributed by atoms with van der Waals surface area (Å²) in [6.07, 6.45) is 0.632. The topological polar surface area (TPSA) is 49.3 Å². The Kier molecular flexibility index (Phi) is 3.93. The second-order valence-electron chi connectivity index (χ2n) is 5.20. The Morgan fingerprint density at radius 2 is 2.17 bits per heavy atom. The van der Waals surface area contributed by atoms with Crippen molar-refractivity contribution in [1.29, 1.82) is 0 Å². The molecule has 4 heteroatoms. The van der Waals surface area contributed by atoms with Gasteiger partial charge in [-0.15, -0.1) is 0 Å². The number of rotatable bonds is 3. The fourth-order valence-electron chi connectivity index (χ4n) is 2.35. The third-order valence-electron chi connectivity index (χ3n) is 3.49. The van der Waals surface area contributed by atoms with E-state index >= 15 is 0 Å². The van der Waals surface area contributed by atoms with E-state index in [0.717, 1.165) is 10.6 Å². The van der Waals surface area contributed by atoms with Crippen molar-refractivity contribution in [2.24, 2.45) is 5.92 Å². The van der Waals surface area contributed by atoms with E-state index < -0.39 is 5.97 Å². The number of benzene rings is 1. The van der Waals surface area contributed by atoms with E-state index in [9.17, 15) is 4.79 Å². The van der Waals surface area contributed by atoms with Crippen molar-refractivity contribution in [2.45, 2.75) is 32.2 Å². The molecular weight excluding hydrogens is 250 g/mol. The second-order valence-corrected chi connectivity index (χ2v) is 5.64. The van der Waals surface area contributed by atoms with Gasteiger partial charge in [-0.25, -0.2) is 0 Å². The lowest BCUT2D eigenvalue weighted by Crippen LogP contribution is -2.17. The molecule has 0 aromatic heterocycles. The van der Waals surface area contributed by atoms with Crippen LogP contribution in [0.3, 0.4) is 0 Å². The molecule has 0 amide bonds. The summed E-state index contributed by atoms with van der Waals surface area (Å²) < 4.78 is 0. The molecule has 0 bridgehead atoms. The predicted molar refractivity (Wildman–Crippen MR) is 72.0 cm³/mol. The molecule has 1 fully saturated rings. The highest BCUT2D eigenvalue weighted by Crippen LogP contribution is 2.31. The van der Waals surface area contributed by atoms with Crippen LogP contribution in [-0.4, -0.2) is 17.6 Å². The van der Waals surface area contributed by atoms with Crippen molar-refractivity contribution in [2.75, 3.05) is 6.54 Å². The summed E-state index contributed by atoms with van der Waals surface area (Å²) >= 11 is 6.13. The monoisotopic (exact) mass is 267 g/mol. The largest absolute Gasteiger partial charge is 0.481 e. The van der Waals surface area contributed by atoms with Crippen molar-refractivity contribution >= 4 is 17.6 Å². The molecule has 1 aliphatic rings. The summed E-state index contributed by atoms with van der Waals surface area (Å²) in [5.41, 5.74) is 2.29. The van der Waals surface area contributed by atoms with Gasteiger partial charge < -0.3 is 10.4 Å². The van der Waals surface area contributed by atoms with Gasteiger partial charge in [0.15, 0.2) is 0 Å². The van der Waals surface area contributed by atoms with Gasteiger partial charge in [0.05, 0.1) is 5.92 Å². The Labute approximate surface area is 112 Å². The zero-order chi connectivity index (χ0) is 13.3. The minimum atomic E-state index is -0.726. The van der Waals surface area contributed by atoms with Crippen molar-refractivity contribution in [3.8, 4) is 0 Å². The zero-order valence-corrected chi connectivity index (χ0v) is 11.4. The van der Waals surface area contributed by atoms with Gasteiger partial charge in [-0.1, -0.05) is 31.5 Å². The molecular formula is C14H18ClNO2. The molecule has 0 aliphatic carbocycles. The van der Waals surface area contributed by atoms with Crippen LogP contribution in [0.2, 0.25) is 5.02 Å². The van der Waals surface area contributed by atoms with Crippen LogP contribution in [0.25, 0.3) is 0 Å². The van der Waals surface area contributed by atoms with Gasteiger partial charge in [-0.3, -0.25) is 4.79 Å². The van der Waals surface area contributed by atoms with Crippen LogP contribution in [0.5, 0.6) is 0 Å². The number of nitrogens with one attached hydrogen (secondary N) is 1. The molecule has 18 heavy (non-hydrogen) atoms. The highest BCUT2D eigenvalue weighted by atomic mass is 35.5. The smallest absolute Gasteiger partial charge is 0.307 e. The Morgan fingerprint density at radius 1 is 1.44 bits per heavy atom. The number of carbonyl (C=O) groups is 1. The van der Waals surface area contributed by atoms with Crippen LogP contribution < -0.4 is 5.32 Å². The molecule has 2 atom stereocenters. The SMILES string of the molecule is CC(C)c1cc(Cl)cc(C2CC(C(=O)O)CN2)c1. The first-order valence-corrected chi connectivity index (χ1v) is 6.61. The second kappa shape index (κ2) is 5.29. The van der Waals surface area contributed by atoms with Crippen LogP contribution in [0, 0.1) is 5.92 Å². The van der Waals surface area contributed by atoms with E-state index in [-0.39, 0.29) is 12.0 Å². The lowest BCUT2D eigenvalue weighted by molar-refractivity contribution is -0.141. The van der Waals surface area contributed by atoms with E-state index in [1.54, 1.807) is 0 Å². The van der Waals surface area contributed by atoms with Gasteiger partial charge in [0.25, 0.3) is 0 Å². The molecule has 2 rings (SSSR count). The van der Waals surface area contributed by atoms with Gasteiger partial charge in [0.2, 0.25) is 0 Å². The molecule has 1 heterocycles. The highest BCUT2D eigenvalue weighted by molar-refractivity contribution is 6.30. The number of hydrogen-bond donors (Lipinski definition) is 2. The molecule has 0 radical (unpaired) electrons. The number of halogens is 1. The minimum Gasteiger partial charge on any atom is -0.481 e. The summed E-state index contributed by atoms with van der Waals surface area (Å²) in [7, 11) is 0. The van der Waals surface area contributed by atoms with Gasteiger partial charge >= 0.3 is 5.97 Å². The molecule has 0 saturated carbocycles. The van der Waals surface area contributed by atoms with Crippen LogP contribution in [0.1, 0.15) is 43.4 Å². The average Bonchev–Trinajstić information content (AvgIpc) is 2.77. The van der Waals surface area contributed by atoms with E-state index in [1.165, 1.54) is 5.56 Å². The fraction of sp³-hybridized carbons (Fsp3) is 0.500. The van der Waals surface area contributed by atoms with Crippen LogP contribution in [-0.2, 0) is 4.79 Å². The van der Waals surface area contributed by atoms with Crippen LogP contribution in [0.4, 0.5) is 0 Å². The summed E-state index contributed by atoms with van der Waals surface area (Å²) in [4.78, 5) is 11.0. The summed E-state index contributed by atoms with van der Waals surface area (Å²) in [5.74, 6) is -0.605. The average molecular weight is 268 g/mol. The lowest BCUT2D eigenvalue weighted by atomic mass is 9.95. The van der Waals surface area contributed by atoms with Gasteiger partial charge in [-0.2, -0.15) is 0 Å². The lowest BCUT2D eigenvalue weighted by Gasteiger charge is -2.14. The van der Waals surface area contributed by atoms with Gasteiger partial charge in [-0.05, 0) is 35.6 Å². The number of aliphatic carboxylic acids is 1. The highest BCUT2D eigenvalue weighted by Gasteiger charge is 2.30. The van der Waals surface area contributed by atoms with Gasteiger partial charge in [0.1, 0.15) is 0 Å². The maximum atomic E-state index is 11.0. The van der Waals surface area contributed by atoms with E-state index in [4.69, 9.17) is 16.7 Å². The van der Waals surface area contributed by atoms with E-state index in [1.807, 2.05) is 12.1 Å². The first-order valence-electron chi connectivity index (χ1n) is 6.24. The summed E-state index contributed by atoms with van der Waals surface area (Å²) in [6.45, 7) is 4.78. The minimum absolute atomic E-state index is 0.0994. The standard InChI is InChI=1S/C14H18ClNO2/c1-8(2)9-3-10(5-12(15)4-9)13-6-11(7-16-13)14(17)18/h3-5,8,11,13,16H,6-7H2,1-2H3,(H,17,18). The van der Waals surface area contributed by atoms with Crippen LogP contribution >= 0.6 is 11.6 Å². The molecule has 2 unspecified atom stereocenters. The maximum Gasteiger partial charge on any atom is 0.307 e. The molecule has 1 aromatic carbocycles. The number of carboxylic acid groups (broad SMARTS) is 1. The third-order valence-corrected chi connectivity index (χ3v) is 3.71. The first kappa shape index (κ1) is 13.4. The van der Waals surface area contributed by atoms with E-state index in [0.29, 0.717) is 18.9 Å². The van der Waals surface area contributed by atoms with E-state index in [2.05, 4.69) is 25.2 Å². The molecule has 1 saturated heterocycles. The van der Waals surface area contributed by atoms with Crippen LogP contribution in [0.15, 0.2) is 18.2 Å². The Morgan fingerprint density at radius 3 is 2.72 bits per heavy atom. The Bertz CT molecular complexity index is 459. The Balaban J connectivity index is 2.21. The number of carboxylic acids is 1. The molecule has 3 nitrogen and oxygen atoms in total. The molecule has 1 aliphatic heterocycles.